The van der Waals surface area contributed by atoms with E-state index in [0.29, 0.717) is 12.5 Å². The van der Waals surface area contributed by atoms with E-state index in [9.17, 15) is 4.79 Å². The van der Waals surface area contributed by atoms with Crippen LogP contribution in [-0.4, -0.2) is 4.57 Å². The van der Waals surface area contributed by atoms with Crippen LogP contribution in [0.25, 0.3) is 0 Å². The zero-order valence-electron chi connectivity index (χ0n) is 10.1. The molecule has 0 aromatic carbocycles. The highest BCUT2D eigenvalue weighted by Crippen LogP contribution is 2.21. The van der Waals surface area contributed by atoms with E-state index in [-0.39, 0.29) is 5.56 Å². The van der Waals surface area contributed by atoms with E-state index >= 15 is 0 Å². The molecule has 3 heteroatoms. The fraction of sp³-hybridized carbons (Fsp3) is 0.615. The van der Waals surface area contributed by atoms with Crippen molar-refractivity contribution in [2.75, 3.05) is 0 Å². The van der Waals surface area contributed by atoms with Crippen LogP contribution >= 0.6 is 0 Å². The van der Waals surface area contributed by atoms with Gasteiger partial charge in [0.05, 0.1) is 0 Å². The highest BCUT2D eigenvalue weighted by molar-refractivity contribution is 5.30. The molecule has 0 spiro atoms. The van der Waals surface area contributed by atoms with Gasteiger partial charge in [-0.3, -0.25) is 4.79 Å². The topological polar surface area (TPSA) is 48.0 Å². The molecule has 0 aliphatic heterocycles. The maximum atomic E-state index is 12.2. The van der Waals surface area contributed by atoms with Gasteiger partial charge in [0.2, 0.25) is 0 Å². The molecular formula is C13H20N2O. The lowest BCUT2D eigenvalue weighted by Crippen LogP contribution is -2.29. The van der Waals surface area contributed by atoms with Crippen LogP contribution in [0.4, 0.5) is 0 Å². The van der Waals surface area contributed by atoms with Crippen molar-refractivity contribution in [3.05, 3.63) is 33.2 Å². The summed E-state index contributed by atoms with van der Waals surface area (Å²) in [5.41, 5.74) is 9.10. The first-order valence-corrected chi connectivity index (χ1v) is 6.08. The Morgan fingerprint density at radius 2 is 2.19 bits per heavy atom. The molecule has 0 saturated heterocycles. The Bertz CT molecular complexity index is 446. The summed E-state index contributed by atoms with van der Waals surface area (Å²) >= 11 is 0. The van der Waals surface area contributed by atoms with Gasteiger partial charge in [-0.15, -0.1) is 0 Å². The maximum Gasteiger partial charge on any atom is 0.255 e. The fourth-order valence-corrected chi connectivity index (χ4v) is 2.49. The Morgan fingerprint density at radius 1 is 1.44 bits per heavy atom. The molecule has 0 amide bonds. The predicted molar refractivity (Wildman–Crippen MR) is 65.5 cm³/mol. The number of hydrogen-bond donors (Lipinski definition) is 1. The first-order chi connectivity index (χ1) is 7.63. The Kier molecular flexibility index (Phi) is 3.15. The standard InChI is InChI=1S/C13H20N2O/c1-9(2)8-15-12-5-3-4-10(12)6-11(7-14)13(15)16/h6,9H,3-5,7-8,14H2,1-2H3. The van der Waals surface area contributed by atoms with Crippen LogP contribution in [0.15, 0.2) is 10.9 Å². The van der Waals surface area contributed by atoms with Gasteiger partial charge in [-0.05, 0) is 36.8 Å². The van der Waals surface area contributed by atoms with E-state index in [0.717, 1.165) is 24.9 Å². The molecule has 1 aliphatic carbocycles. The van der Waals surface area contributed by atoms with Crippen LogP contribution in [0.5, 0.6) is 0 Å². The van der Waals surface area contributed by atoms with Crippen molar-refractivity contribution in [2.24, 2.45) is 11.7 Å². The number of hydrogen-bond acceptors (Lipinski definition) is 2. The average molecular weight is 220 g/mol. The van der Waals surface area contributed by atoms with Gasteiger partial charge in [0, 0.05) is 24.3 Å². The van der Waals surface area contributed by atoms with Gasteiger partial charge in [-0.1, -0.05) is 13.8 Å². The van der Waals surface area contributed by atoms with Crippen molar-refractivity contribution in [1.82, 2.24) is 4.57 Å². The third-order valence-corrected chi connectivity index (χ3v) is 3.19. The van der Waals surface area contributed by atoms with Crippen molar-refractivity contribution < 1.29 is 0 Å². The summed E-state index contributed by atoms with van der Waals surface area (Å²) in [6.07, 6.45) is 3.31. The van der Waals surface area contributed by atoms with Gasteiger partial charge >= 0.3 is 0 Å². The van der Waals surface area contributed by atoms with Crippen LogP contribution in [-0.2, 0) is 25.9 Å². The zero-order valence-corrected chi connectivity index (χ0v) is 10.1. The average Bonchev–Trinajstić information content (AvgIpc) is 2.69. The molecule has 0 unspecified atom stereocenters. The summed E-state index contributed by atoms with van der Waals surface area (Å²) in [6.45, 7) is 5.45. The molecule has 2 rings (SSSR count). The van der Waals surface area contributed by atoms with Crippen molar-refractivity contribution in [1.29, 1.82) is 0 Å². The molecule has 1 aromatic heterocycles. The molecule has 0 fully saturated rings. The second-order valence-electron chi connectivity index (χ2n) is 5.01. The SMILES string of the molecule is CC(C)Cn1c2c(cc(CN)c1=O)CCC2. The summed E-state index contributed by atoms with van der Waals surface area (Å²) in [7, 11) is 0. The van der Waals surface area contributed by atoms with E-state index in [4.69, 9.17) is 5.73 Å². The molecule has 2 N–H and O–H groups in total. The number of pyridine rings is 1. The van der Waals surface area contributed by atoms with Crippen molar-refractivity contribution >= 4 is 0 Å². The van der Waals surface area contributed by atoms with Crippen LogP contribution in [0, 0.1) is 5.92 Å². The Hall–Kier alpha value is -1.09. The van der Waals surface area contributed by atoms with Crippen LogP contribution in [0.1, 0.15) is 37.1 Å². The predicted octanol–water partition coefficient (Wildman–Crippen LogP) is 1.45. The summed E-state index contributed by atoms with van der Waals surface area (Å²) < 4.78 is 1.95. The van der Waals surface area contributed by atoms with Gasteiger partial charge in [-0.25, -0.2) is 0 Å². The van der Waals surface area contributed by atoms with Crippen molar-refractivity contribution in [2.45, 2.75) is 46.2 Å². The number of nitrogens with zero attached hydrogens (tertiary/aromatic N) is 1. The van der Waals surface area contributed by atoms with E-state index in [1.807, 2.05) is 10.6 Å². The summed E-state index contributed by atoms with van der Waals surface area (Å²) in [6, 6.07) is 2.02. The van der Waals surface area contributed by atoms with Gasteiger partial charge in [-0.2, -0.15) is 0 Å². The lowest BCUT2D eigenvalue weighted by Gasteiger charge is -2.15. The second-order valence-corrected chi connectivity index (χ2v) is 5.01. The molecule has 1 aliphatic rings. The molecule has 88 valence electrons. The zero-order chi connectivity index (χ0) is 11.7. The molecule has 0 saturated carbocycles. The Labute approximate surface area is 96.3 Å². The largest absolute Gasteiger partial charge is 0.326 e. The van der Waals surface area contributed by atoms with Crippen LogP contribution in [0.3, 0.4) is 0 Å². The van der Waals surface area contributed by atoms with Gasteiger partial charge in [0.1, 0.15) is 0 Å². The normalized spacial score (nSPS) is 14.5. The molecule has 0 radical (unpaired) electrons. The second kappa shape index (κ2) is 4.42. The minimum absolute atomic E-state index is 0.122. The lowest BCUT2D eigenvalue weighted by molar-refractivity contribution is 0.495. The first kappa shape index (κ1) is 11.4. The number of aryl methyl sites for hydroxylation is 1. The smallest absolute Gasteiger partial charge is 0.255 e. The first-order valence-electron chi connectivity index (χ1n) is 6.08. The van der Waals surface area contributed by atoms with E-state index in [1.165, 1.54) is 17.7 Å². The van der Waals surface area contributed by atoms with E-state index < -0.39 is 0 Å². The van der Waals surface area contributed by atoms with Crippen LogP contribution < -0.4 is 11.3 Å². The number of aromatic nitrogens is 1. The lowest BCUT2D eigenvalue weighted by atomic mass is 10.1. The Balaban J connectivity index is 2.55. The van der Waals surface area contributed by atoms with E-state index in [2.05, 4.69) is 13.8 Å². The molecule has 3 nitrogen and oxygen atoms in total. The van der Waals surface area contributed by atoms with E-state index in [1.54, 1.807) is 0 Å². The molecule has 16 heavy (non-hydrogen) atoms. The summed E-state index contributed by atoms with van der Waals surface area (Å²) in [4.78, 5) is 12.2. The number of nitrogens with two attached hydrogens (primary N) is 1. The third kappa shape index (κ3) is 1.92. The Morgan fingerprint density at radius 3 is 2.81 bits per heavy atom. The van der Waals surface area contributed by atoms with Crippen LogP contribution in [0.2, 0.25) is 0 Å². The van der Waals surface area contributed by atoms with Gasteiger partial charge in [0.15, 0.2) is 0 Å². The molecular weight excluding hydrogens is 200 g/mol. The molecule has 0 bridgehead atoms. The third-order valence-electron chi connectivity index (χ3n) is 3.19. The van der Waals surface area contributed by atoms with Gasteiger partial charge in [0.25, 0.3) is 5.56 Å². The summed E-state index contributed by atoms with van der Waals surface area (Å²) in [5.74, 6) is 0.496. The van der Waals surface area contributed by atoms with Crippen molar-refractivity contribution in [3.63, 3.8) is 0 Å². The minimum atomic E-state index is 0.122. The van der Waals surface area contributed by atoms with Crippen molar-refractivity contribution in [3.8, 4) is 0 Å². The highest BCUT2D eigenvalue weighted by Gasteiger charge is 2.18. The maximum absolute atomic E-state index is 12.2. The number of fused-ring (bicyclic) bond motifs is 1. The fourth-order valence-electron chi connectivity index (χ4n) is 2.49. The molecule has 1 heterocycles. The quantitative estimate of drug-likeness (QED) is 0.838. The monoisotopic (exact) mass is 220 g/mol. The number of rotatable bonds is 3. The molecule has 1 aromatic rings. The molecule has 0 atom stereocenters. The van der Waals surface area contributed by atoms with Gasteiger partial charge < -0.3 is 10.3 Å². The highest BCUT2D eigenvalue weighted by atomic mass is 16.1. The summed E-state index contributed by atoms with van der Waals surface area (Å²) in [5, 5.41) is 0. The minimum Gasteiger partial charge on any atom is -0.326 e.